The fourth-order valence-electron chi connectivity index (χ4n) is 3.74. The number of aromatic amines is 2. The van der Waals surface area contributed by atoms with Crippen molar-refractivity contribution in [1.82, 2.24) is 19.9 Å². The van der Waals surface area contributed by atoms with Crippen molar-refractivity contribution in [3.63, 3.8) is 0 Å². The maximum Gasteiger partial charge on any atom is 0.274 e. The number of hydrogen-bond donors (Lipinski definition) is 4. The summed E-state index contributed by atoms with van der Waals surface area (Å²) in [5.41, 5.74) is 16.5. The molecule has 0 atom stereocenters. The summed E-state index contributed by atoms with van der Waals surface area (Å²) in [5, 5.41) is 3.22. The third kappa shape index (κ3) is 3.62. The molecule has 0 bridgehead atoms. The number of benzene rings is 1. The first-order valence-electron chi connectivity index (χ1n) is 10.0. The minimum atomic E-state index is 0.307. The Bertz CT molecular complexity index is 1160. The number of H-pyrrole nitrogens is 2. The van der Waals surface area contributed by atoms with Gasteiger partial charge in [-0.25, -0.2) is 15.0 Å². The minimum Gasteiger partial charge on any atom is -0.399 e. The highest BCUT2D eigenvalue weighted by Crippen LogP contribution is 2.27. The van der Waals surface area contributed by atoms with Crippen LogP contribution in [0.15, 0.2) is 48.9 Å². The van der Waals surface area contributed by atoms with E-state index in [1.54, 1.807) is 6.33 Å². The molecular formula is C21H24N9+. The van der Waals surface area contributed by atoms with E-state index in [4.69, 9.17) is 16.5 Å². The maximum atomic E-state index is 6.02. The average Bonchev–Trinajstić information content (AvgIpc) is 3.23. The van der Waals surface area contributed by atoms with E-state index < -0.39 is 0 Å². The first-order valence-corrected chi connectivity index (χ1v) is 10.0. The lowest BCUT2D eigenvalue weighted by Gasteiger charge is -2.25. The van der Waals surface area contributed by atoms with E-state index >= 15 is 0 Å². The van der Waals surface area contributed by atoms with Crippen molar-refractivity contribution >= 4 is 34.3 Å². The van der Waals surface area contributed by atoms with Crippen molar-refractivity contribution in [3.8, 4) is 11.3 Å². The van der Waals surface area contributed by atoms with Gasteiger partial charge in [0.05, 0.1) is 25.6 Å². The maximum absolute atomic E-state index is 6.02. The van der Waals surface area contributed by atoms with Crippen LogP contribution in [0, 0.1) is 0 Å². The predicted octanol–water partition coefficient (Wildman–Crippen LogP) is 2.09. The van der Waals surface area contributed by atoms with Crippen LogP contribution in [0.25, 0.3) is 22.4 Å². The fourth-order valence-corrected chi connectivity index (χ4v) is 3.74. The van der Waals surface area contributed by atoms with Crippen LogP contribution >= 0.6 is 0 Å². The van der Waals surface area contributed by atoms with Crippen LogP contribution in [0.5, 0.6) is 0 Å². The number of piperidine rings is 1. The van der Waals surface area contributed by atoms with Gasteiger partial charge in [-0.15, -0.1) is 0 Å². The zero-order valence-corrected chi connectivity index (χ0v) is 16.5. The molecule has 1 aromatic carbocycles. The van der Waals surface area contributed by atoms with E-state index in [1.165, 1.54) is 0 Å². The van der Waals surface area contributed by atoms with Gasteiger partial charge in [0.2, 0.25) is 5.95 Å². The lowest BCUT2D eigenvalue weighted by molar-refractivity contribution is -0.363. The van der Waals surface area contributed by atoms with Crippen molar-refractivity contribution in [2.24, 2.45) is 5.73 Å². The monoisotopic (exact) mass is 402 g/mol. The molecule has 0 unspecified atom stereocenters. The van der Waals surface area contributed by atoms with Crippen molar-refractivity contribution < 1.29 is 4.98 Å². The van der Waals surface area contributed by atoms with Gasteiger partial charge in [-0.05, 0) is 24.3 Å². The number of nitrogen functional groups attached to an aromatic ring is 1. The molecule has 0 saturated carbocycles. The molecule has 0 amide bonds. The van der Waals surface area contributed by atoms with Gasteiger partial charge >= 0.3 is 0 Å². The van der Waals surface area contributed by atoms with E-state index in [0.717, 1.165) is 54.2 Å². The van der Waals surface area contributed by atoms with Gasteiger partial charge in [0.25, 0.3) is 5.82 Å². The summed E-state index contributed by atoms with van der Waals surface area (Å²) in [6.07, 6.45) is 5.61. The topological polar surface area (TPSA) is 136 Å². The van der Waals surface area contributed by atoms with E-state index in [9.17, 15) is 0 Å². The largest absolute Gasteiger partial charge is 0.399 e. The minimum absolute atomic E-state index is 0.307. The summed E-state index contributed by atoms with van der Waals surface area (Å²) >= 11 is 0. The second-order valence-corrected chi connectivity index (χ2v) is 7.53. The van der Waals surface area contributed by atoms with Gasteiger partial charge < -0.3 is 21.8 Å². The fraction of sp³-hybridized carbons (Fsp3) is 0.238. The predicted molar refractivity (Wildman–Crippen MR) is 117 cm³/mol. The Morgan fingerprint density at radius 2 is 2.00 bits per heavy atom. The Hall–Kier alpha value is -3.72. The molecule has 1 aliphatic rings. The molecule has 4 aromatic rings. The summed E-state index contributed by atoms with van der Waals surface area (Å²) in [6, 6.07) is 11.9. The highest BCUT2D eigenvalue weighted by Gasteiger charge is 2.23. The number of hydrogen-bond acceptors (Lipinski definition) is 7. The molecule has 7 N–H and O–H groups in total. The van der Waals surface area contributed by atoms with Crippen LogP contribution < -0.4 is 26.7 Å². The van der Waals surface area contributed by atoms with Crippen molar-refractivity contribution in [1.29, 1.82) is 0 Å². The normalized spacial score (nSPS) is 14.9. The van der Waals surface area contributed by atoms with Crippen LogP contribution in [0.2, 0.25) is 0 Å². The van der Waals surface area contributed by atoms with Crippen molar-refractivity contribution in [3.05, 3.63) is 48.9 Å². The molecule has 0 aliphatic carbocycles. The quantitative estimate of drug-likeness (QED) is 0.384. The first-order chi connectivity index (χ1) is 14.7. The number of pyridine rings is 1. The smallest absolute Gasteiger partial charge is 0.274 e. The summed E-state index contributed by atoms with van der Waals surface area (Å²) in [7, 11) is 0. The Morgan fingerprint density at radius 1 is 1.13 bits per heavy atom. The molecule has 9 heteroatoms. The molecule has 30 heavy (non-hydrogen) atoms. The Balaban J connectivity index is 1.46. The SMILES string of the molecule is Nc1cccc(Nc2nc(-c3ccc(N4CCC(N)CC4)[nH+]c3)c3[nH]cnc3n2)c1. The average molecular weight is 402 g/mol. The summed E-state index contributed by atoms with van der Waals surface area (Å²) < 4.78 is 0. The molecule has 9 nitrogen and oxygen atoms in total. The second-order valence-electron chi connectivity index (χ2n) is 7.53. The van der Waals surface area contributed by atoms with Gasteiger partial charge in [-0.1, -0.05) is 6.07 Å². The lowest BCUT2D eigenvalue weighted by atomic mass is 10.1. The van der Waals surface area contributed by atoms with Crippen molar-refractivity contribution in [2.45, 2.75) is 18.9 Å². The van der Waals surface area contributed by atoms with Crippen LogP contribution in [0.1, 0.15) is 12.8 Å². The first kappa shape index (κ1) is 18.3. The van der Waals surface area contributed by atoms with Gasteiger partial charge in [0.15, 0.2) is 5.65 Å². The van der Waals surface area contributed by atoms with E-state index in [-0.39, 0.29) is 0 Å². The summed E-state index contributed by atoms with van der Waals surface area (Å²) in [6.45, 7) is 1.92. The Morgan fingerprint density at radius 3 is 2.77 bits per heavy atom. The number of aromatic nitrogens is 5. The molecule has 5 rings (SSSR count). The Labute approximate surface area is 173 Å². The number of fused-ring (bicyclic) bond motifs is 1. The van der Waals surface area contributed by atoms with Crippen LogP contribution in [0.4, 0.5) is 23.1 Å². The lowest BCUT2D eigenvalue weighted by Crippen LogP contribution is -2.41. The standard InChI is InChI=1S/C21H23N9/c22-14-6-8-30(9-7-14)17-5-4-13(11-24-17)18-19-20(26-12-25-19)29-21(28-18)27-16-3-1-2-15(23)10-16/h1-5,10-12,14H,6-9,22-23H2,(H2,25,26,27,28,29)/p+1. The third-order valence-corrected chi connectivity index (χ3v) is 5.38. The number of nitrogens with one attached hydrogen (secondary N) is 3. The highest BCUT2D eigenvalue weighted by molar-refractivity contribution is 5.88. The number of nitrogens with zero attached hydrogens (tertiary/aromatic N) is 4. The molecule has 3 aromatic heterocycles. The zero-order valence-electron chi connectivity index (χ0n) is 16.5. The number of rotatable bonds is 4. The number of anilines is 4. The molecule has 1 aliphatic heterocycles. The van der Waals surface area contributed by atoms with Crippen LogP contribution in [-0.4, -0.2) is 39.1 Å². The molecule has 1 saturated heterocycles. The third-order valence-electron chi connectivity index (χ3n) is 5.38. The second kappa shape index (κ2) is 7.60. The molecule has 4 heterocycles. The van der Waals surface area contributed by atoms with Gasteiger partial charge in [-0.3, -0.25) is 4.90 Å². The van der Waals surface area contributed by atoms with E-state index in [0.29, 0.717) is 23.3 Å². The van der Waals surface area contributed by atoms with Crippen LogP contribution in [-0.2, 0) is 0 Å². The van der Waals surface area contributed by atoms with Gasteiger partial charge in [0.1, 0.15) is 11.2 Å². The molecule has 152 valence electrons. The molecule has 0 radical (unpaired) electrons. The number of nitrogens with two attached hydrogens (primary N) is 2. The van der Waals surface area contributed by atoms with Gasteiger partial charge in [-0.2, -0.15) is 4.98 Å². The van der Waals surface area contributed by atoms with E-state index in [1.807, 2.05) is 30.5 Å². The molecule has 0 spiro atoms. The van der Waals surface area contributed by atoms with E-state index in [2.05, 4.69) is 42.3 Å². The summed E-state index contributed by atoms with van der Waals surface area (Å²) in [5.74, 6) is 1.54. The van der Waals surface area contributed by atoms with Crippen molar-refractivity contribution in [2.75, 3.05) is 29.0 Å². The zero-order chi connectivity index (χ0) is 20.5. The van der Waals surface area contributed by atoms with Crippen LogP contribution in [0.3, 0.4) is 0 Å². The Kier molecular flexibility index (Phi) is 4.64. The highest BCUT2D eigenvalue weighted by atomic mass is 15.2. The molecular weight excluding hydrogens is 378 g/mol. The number of imidazole rings is 1. The van der Waals surface area contributed by atoms with Gasteiger partial charge in [0, 0.05) is 41.9 Å². The summed E-state index contributed by atoms with van der Waals surface area (Å²) in [4.78, 5) is 22.4. The molecule has 1 fully saturated rings.